The summed E-state index contributed by atoms with van der Waals surface area (Å²) in [5.41, 5.74) is 0. The van der Waals surface area contributed by atoms with E-state index < -0.39 is 10.0 Å². The second-order valence-electron chi connectivity index (χ2n) is 2.10. The molecule has 0 aliphatic carbocycles. The van der Waals surface area contributed by atoms with Gasteiger partial charge in [-0.2, -0.15) is 0 Å². The van der Waals surface area contributed by atoms with E-state index in [9.17, 15) is 13.2 Å². The minimum Gasteiger partial charge on any atom is -0.278 e. The zero-order chi connectivity index (χ0) is 9.19. The van der Waals surface area contributed by atoms with Gasteiger partial charge in [-0.15, -0.1) is 11.3 Å². The Balaban J connectivity index is 3.06. The van der Waals surface area contributed by atoms with Crippen molar-refractivity contribution in [3.63, 3.8) is 0 Å². The van der Waals surface area contributed by atoms with Gasteiger partial charge >= 0.3 is 0 Å². The van der Waals surface area contributed by atoms with Gasteiger partial charge in [-0.05, 0) is 19.1 Å². The summed E-state index contributed by atoms with van der Waals surface area (Å²) in [5, 5.41) is 0. The highest BCUT2D eigenvalue weighted by atomic mass is 32.2. The molecule has 0 radical (unpaired) electrons. The number of rotatable bonds is 3. The lowest BCUT2D eigenvalue weighted by Gasteiger charge is -1.95. The van der Waals surface area contributed by atoms with Gasteiger partial charge in [-0.1, -0.05) is 0 Å². The maximum atomic E-state index is 11.1. The Morgan fingerprint density at radius 1 is 1.50 bits per heavy atom. The van der Waals surface area contributed by atoms with Gasteiger partial charge < -0.3 is 0 Å². The number of aryl methyl sites for hydroxylation is 1. The number of nitrogens with one attached hydrogen (secondary N) is 1. The van der Waals surface area contributed by atoms with Gasteiger partial charge in [0.05, 0.1) is 0 Å². The first kappa shape index (κ1) is 9.21. The van der Waals surface area contributed by atoms with Crippen molar-refractivity contribution in [3.05, 3.63) is 17.0 Å². The molecule has 1 heterocycles. The van der Waals surface area contributed by atoms with Crippen molar-refractivity contribution >= 4 is 27.8 Å². The predicted octanol–water partition coefficient (Wildman–Crippen LogP) is 0.491. The van der Waals surface area contributed by atoms with Crippen molar-refractivity contribution in [2.75, 3.05) is 0 Å². The molecule has 1 amide bonds. The monoisotopic (exact) mass is 205 g/mol. The van der Waals surface area contributed by atoms with Crippen molar-refractivity contribution in [1.82, 2.24) is 4.72 Å². The first-order chi connectivity index (χ1) is 5.56. The largest absolute Gasteiger partial charge is 0.278 e. The molecule has 1 rings (SSSR count). The van der Waals surface area contributed by atoms with Crippen LogP contribution in [0.3, 0.4) is 0 Å². The van der Waals surface area contributed by atoms with Crippen LogP contribution in [0.5, 0.6) is 0 Å². The molecule has 0 aliphatic rings. The molecule has 0 saturated carbocycles. The van der Waals surface area contributed by atoms with Crippen LogP contribution in [0.4, 0.5) is 0 Å². The molecule has 0 aliphatic heterocycles. The Morgan fingerprint density at radius 3 is 2.58 bits per heavy atom. The van der Waals surface area contributed by atoms with E-state index in [4.69, 9.17) is 0 Å². The van der Waals surface area contributed by atoms with Gasteiger partial charge in [0.1, 0.15) is 4.21 Å². The molecule has 1 aromatic heterocycles. The van der Waals surface area contributed by atoms with E-state index >= 15 is 0 Å². The Kier molecular flexibility index (Phi) is 2.49. The molecular formula is C6H7NO3S2. The molecule has 0 aromatic carbocycles. The molecule has 0 unspecified atom stereocenters. The number of carbonyl (C=O) groups is 1. The smallest absolute Gasteiger partial charge is 0.273 e. The van der Waals surface area contributed by atoms with Gasteiger partial charge in [-0.3, -0.25) is 9.52 Å². The molecule has 0 spiro atoms. The molecule has 6 heteroatoms. The van der Waals surface area contributed by atoms with E-state index in [1.165, 1.54) is 6.07 Å². The van der Waals surface area contributed by atoms with Gasteiger partial charge in [0.2, 0.25) is 6.41 Å². The summed E-state index contributed by atoms with van der Waals surface area (Å²) in [7, 11) is -3.59. The summed E-state index contributed by atoms with van der Waals surface area (Å²) in [6.45, 7) is 1.80. The first-order valence-electron chi connectivity index (χ1n) is 3.08. The zero-order valence-corrected chi connectivity index (χ0v) is 7.91. The Morgan fingerprint density at radius 2 is 2.17 bits per heavy atom. The van der Waals surface area contributed by atoms with E-state index in [2.05, 4.69) is 0 Å². The van der Waals surface area contributed by atoms with Gasteiger partial charge in [0, 0.05) is 4.88 Å². The average molecular weight is 205 g/mol. The van der Waals surface area contributed by atoms with E-state index in [1.54, 1.807) is 17.7 Å². The second-order valence-corrected chi connectivity index (χ2v) is 5.33. The van der Waals surface area contributed by atoms with E-state index in [0.717, 1.165) is 16.2 Å². The summed E-state index contributed by atoms with van der Waals surface area (Å²) < 4.78 is 24.1. The van der Waals surface area contributed by atoms with Crippen LogP contribution in [0.2, 0.25) is 0 Å². The standard InChI is InChI=1S/C6H7NO3S2/c1-5-2-3-6(11-5)12(9,10)7-4-8/h2-4H,1H3,(H,7,8). The molecule has 1 aromatic rings. The van der Waals surface area contributed by atoms with E-state index in [-0.39, 0.29) is 10.6 Å². The topological polar surface area (TPSA) is 63.2 Å². The van der Waals surface area contributed by atoms with E-state index in [0.29, 0.717) is 0 Å². The van der Waals surface area contributed by atoms with Crippen molar-refractivity contribution < 1.29 is 13.2 Å². The molecule has 0 fully saturated rings. The van der Waals surface area contributed by atoms with Crippen LogP contribution in [0.1, 0.15) is 4.88 Å². The van der Waals surface area contributed by atoms with Crippen LogP contribution >= 0.6 is 11.3 Å². The highest BCUT2D eigenvalue weighted by Crippen LogP contribution is 2.19. The predicted molar refractivity (Wildman–Crippen MR) is 45.4 cm³/mol. The summed E-state index contributed by atoms with van der Waals surface area (Å²) in [6.07, 6.45) is 0.157. The molecular weight excluding hydrogens is 198 g/mol. The third-order valence-electron chi connectivity index (χ3n) is 1.18. The number of carbonyl (C=O) groups excluding carboxylic acids is 1. The van der Waals surface area contributed by atoms with Crippen molar-refractivity contribution in [1.29, 1.82) is 0 Å². The summed E-state index contributed by atoms with van der Waals surface area (Å²) >= 11 is 1.13. The van der Waals surface area contributed by atoms with Gasteiger partial charge in [0.15, 0.2) is 0 Å². The molecule has 0 atom stereocenters. The molecule has 12 heavy (non-hydrogen) atoms. The average Bonchev–Trinajstić information content (AvgIpc) is 2.36. The van der Waals surface area contributed by atoms with Gasteiger partial charge in [0.25, 0.3) is 10.0 Å². The fraction of sp³-hybridized carbons (Fsp3) is 0.167. The molecule has 66 valence electrons. The fourth-order valence-corrected chi connectivity index (χ4v) is 2.73. The fourth-order valence-electron chi connectivity index (χ4n) is 0.678. The lowest BCUT2D eigenvalue weighted by Crippen LogP contribution is -2.20. The lowest BCUT2D eigenvalue weighted by molar-refractivity contribution is -0.108. The molecule has 1 N–H and O–H groups in total. The number of hydrogen-bond donors (Lipinski definition) is 1. The maximum Gasteiger partial charge on any atom is 0.273 e. The summed E-state index contributed by atoms with van der Waals surface area (Å²) in [6, 6.07) is 3.15. The molecule has 0 saturated heterocycles. The van der Waals surface area contributed by atoms with Crippen LogP contribution in [0.15, 0.2) is 16.3 Å². The van der Waals surface area contributed by atoms with Crippen LogP contribution in [-0.2, 0) is 14.8 Å². The Hall–Kier alpha value is -0.880. The van der Waals surface area contributed by atoms with Crippen molar-refractivity contribution in [2.24, 2.45) is 0 Å². The highest BCUT2D eigenvalue weighted by Gasteiger charge is 2.13. The van der Waals surface area contributed by atoms with Crippen LogP contribution in [0.25, 0.3) is 0 Å². The minimum absolute atomic E-state index is 0.157. The summed E-state index contributed by atoms with van der Waals surface area (Å²) in [4.78, 5) is 10.8. The van der Waals surface area contributed by atoms with Gasteiger partial charge in [-0.25, -0.2) is 8.42 Å². The second kappa shape index (κ2) is 3.24. The Labute approximate surface area is 74.3 Å². The number of hydrogen-bond acceptors (Lipinski definition) is 4. The van der Waals surface area contributed by atoms with Crippen molar-refractivity contribution in [3.8, 4) is 0 Å². The first-order valence-corrected chi connectivity index (χ1v) is 5.38. The molecule has 4 nitrogen and oxygen atoms in total. The SMILES string of the molecule is Cc1ccc(S(=O)(=O)NC=O)s1. The lowest BCUT2D eigenvalue weighted by atomic mass is 10.5. The van der Waals surface area contributed by atoms with Crippen LogP contribution < -0.4 is 4.72 Å². The quantitative estimate of drug-likeness (QED) is 0.730. The molecule has 0 bridgehead atoms. The number of amides is 1. The minimum atomic E-state index is -3.59. The third-order valence-corrected chi connectivity index (χ3v) is 3.96. The number of thiophene rings is 1. The third kappa shape index (κ3) is 1.83. The number of sulfonamides is 1. The van der Waals surface area contributed by atoms with Crippen molar-refractivity contribution in [2.45, 2.75) is 11.1 Å². The van der Waals surface area contributed by atoms with Crippen LogP contribution in [0, 0.1) is 6.92 Å². The summed E-state index contributed by atoms with van der Waals surface area (Å²) in [5.74, 6) is 0. The highest BCUT2D eigenvalue weighted by molar-refractivity contribution is 7.92. The zero-order valence-electron chi connectivity index (χ0n) is 6.27. The Bertz CT molecular complexity index is 379. The van der Waals surface area contributed by atoms with E-state index in [1.807, 2.05) is 0 Å². The van der Waals surface area contributed by atoms with Crippen LogP contribution in [-0.4, -0.2) is 14.8 Å². The maximum absolute atomic E-state index is 11.1. The normalized spacial score (nSPS) is 11.1.